The lowest BCUT2D eigenvalue weighted by Crippen LogP contribution is -2.37. The minimum atomic E-state index is -0.125. The summed E-state index contributed by atoms with van der Waals surface area (Å²) in [6.07, 6.45) is 5.51. The van der Waals surface area contributed by atoms with Gasteiger partial charge in [-0.2, -0.15) is 15.4 Å². The van der Waals surface area contributed by atoms with Crippen molar-refractivity contribution < 1.29 is 9.21 Å². The molecule has 2 aromatic rings. The molecule has 0 atom stereocenters. The largest absolute Gasteiger partial charge is 0.472 e. The van der Waals surface area contributed by atoms with Crippen LogP contribution >= 0.6 is 0 Å². The summed E-state index contributed by atoms with van der Waals surface area (Å²) >= 11 is 0. The van der Waals surface area contributed by atoms with Crippen LogP contribution in [0.4, 0.5) is 4.79 Å². The summed E-state index contributed by atoms with van der Waals surface area (Å²) in [5.41, 5.74) is 1.79. The number of nitrogens with zero attached hydrogens (tertiary/aromatic N) is 3. The predicted molar refractivity (Wildman–Crippen MR) is 63.7 cm³/mol. The van der Waals surface area contributed by atoms with E-state index in [1.165, 1.54) is 0 Å². The number of nitrogens with one attached hydrogen (secondary N) is 2. The molecule has 0 saturated carbocycles. The number of carbonyl (C=O) groups excluding carboxylic acids is 1. The molecule has 2 N–H and O–H groups in total. The zero-order valence-corrected chi connectivity index (χ0v) is 10.1. The van der Waals surface area contributed by atoms with E-state index in [-0.39, 0.29) is 6.03 Å². The fourth-order valence-electron chi connectivity index (χ4n) is 1.51. The number of furan rings is 1. The second kappa shape index (κ2) is 5.85. The Kier molecular flexibility index (Phi) is 3.95. The van der Waals surface area contributed by atoms with Crippen molar-refractivity contribution in [2.24, 2.45) is 0 Å². The van der Waals surface area contributed by atoms with E-state index in [4.69, 9.17) is 4.42 Å². The van der Waals surface area contributed by atoms with Crippen LogP contribution in [0.3, 0.4) is 0 Å². The van der Waals surface area contributed by atoms with Crippen LogP contribution in [0, 0.1) is 0 Å². The van der Waals surface area contributed by atoms with Crippen LogP contribution in [-0.2, 0) is 13.0 Å². The summed E-state index contributed by atoms with van der Waals surface area (Å²) in [6, 6.07) is 1.71. The molecule has 7 heteroatoms. The van der Waals surface area contributed by atoms with Gasteiger partial charge in [0.15, 0.2) is 0 Å². The first-order chi connectivity index (χ1) is 8.75. The van der Waals surface area contributed by atoms with Gasteiger partial charge in [0.05, 0.1) is 31.0 Å². The van der Waals surface area contributed by atoms with Crippen molar-refractivity contribution in [3.8, 4) is 0 Å². The Morgan fingerprint density at radius 2 is 2.50 bits per heavy atom. The molecule has 0 unspecified atom stereocenters. The van der Waals surface area contributed by atoms with Gasteiger partial charge in [0, 0.05) is 25.6 Å². The van der Waals surface area contributed by atoms with E-state index in [2.05, 4.69) is 20.7 Å². The van der Waals surface area contributed by atoms with E-state index in [1.807, 2.05) is 6.07 Å². The van der Waals surface area contributed by atoms with Crippen LogP contribution in [0.15, 0.2) is 29.2 Å². The van der Waals surface area contributed by atoms with E-state index in [1.54, 1.807) is 30.7 Å². The molecule has 0 aliphatic rings. The molecule has 0 spiro atoms. The highest BCUT2D eigenvalue weighted by Crippen LogP contribution is 2.03. The lowest BCUT2D eigenvalue weighted by Gasteiger charge is -2.16. The molecule has 0 saturated heterocycles. The molecular formula is C11H15N5O2. The maximum atomic E-state index is 11.7. The molecular weight excluding hydrogens is 234 g/mol. The number of hydrogen-bond donors (Lipinski definition) is 2. The van der Waals surface area contributed by atoms with E-state index < -0.39 is 0 Å². The van der Waals surface area contributed by atoms with Crippen LogP contribution in [0.1, 0.15) is 11.3 Å². The summed E-state index contributed by atoms with van der Waals surface area (Å²) in [6.45, 7) is 1.05. The Balaban J connectivity index is 1.70. The molecule has 0 fully saturated rings. The quantitative estimate of drug-likeness (QED) is 0.819. The number of carbonyl (C=O) groups is 1. The van der Waals surface area contributed by atoms with Crippen molar-refractivity contribution in [2.75, 3.05) is 13.6 Å². The molecule has 2 amide bonds. The Labute approximate surface area is 104 Å². The number of aromatic amines is 1. The van der Waals surface area contributed by atoms with Gasteiger partial charge in [-0.15, -0.1) is 0 Å². The predicted octanol–water partition coefficient (Wildman–Crippen LogP) is 0.782. The summed E-state index contributed by atoms with van der Waals surface area (Å²) in [5.74, 6) is 0. The van der Waals surface area contributed by atoms with Crippen molar-refractivity contribution in [3.63, 3.8) is 0 Å². The molecule has 2 aromatic heterocycles. The molecule has 0 aliphatic carbocycles. The maximum Gasteiger partial charge on any atom is 0.317 e. The summed E-state index contributed by atoms with van der Waals surface area (Å²) < 4.78 is 4.95. The number of aromatic nitrogens is 3. The molecule has 96 valence electrons. The summed E-state index contributed by atoms with van der Waals surface area (Å²) in [4.78, 5) is 13.3. The topological polar surface area (TPSA) is 87.0 Å². The minimum Gasteiger partial charge on any atom is -0.472 e. The monoisotopic (exact) mass is 249 g/mol. The van der Waals surface area contributed by atoms with Crippen molar-refractivity contribution in [1.29, 1.82) is 0 Å². The van der Waals surface area contributed by atoms with E-state index in [0.717, 1.165) is 11.3 Å². The second-order valence-corrected chi connectivity index (χ2v) is 3.93. The third-order valence-electron chi connectivity index (χ3n) is 2.47. The standard InChI is InChI=1S/C11H15N5O2/c1-16(7-9-3-5-18-8-9)11(17)12-4-2-10-6-13-15-14-10/h3,5-6,8H,2,4,7H2,1H3,(H,12,17)(H,13,14,15). The number of hydrogen-bond acceptors (Lipinski definition) is 4. The van der Waals surface area contributed by atoms with E-state index in [9.17, 15) is 4.79 Å². The van der Waals surface area contributed by atoms with Crippen molar-refractivity contribution in [3.05, 3.63) is 36.0 Å². The van der Waals surface area contributed by atoms with Gasteiger partial charge in [-0.05, 0) is 6.07 Å². The SMILES string of the molecule is CN(Cc1ccoc1)C(=O)NCCc1cn[nH]n1. The highest BCUT2D eigenvalue weighted by Gasteiger charge is 2.09. The van der Waals surface area contributed by atoms with Gasteiger partial charge in [-0.1, -0.05) is 0 Å². The van der Waals surface area contributed by atoms with Gasteiger partial charge in [-0.3, -0.25) is 0 Å². The zero-order valence-electron chi connectivity index (χ0n) is 10.1. The Morgan fingerprint density at radius 1 is 1.61 bits per heavy atom. The smallest absolute Gasteiger partial charge is 0.317 e. The zero-order chi connectivity index (χ0) is 12.8. The van der Waals surface area contributed by atoms with Gasteiger partial charge in [0.2, 0.25) is 0 Å². The average molecular weight is 249 g/mol. The molecule has 7 nitrogen and oxygen atoms in total. The summed E-state index contributed by atoms with van der Waals surface area (Å²) in [5, 5.41) is 12.9. The first kappa shape index (κ1) is 12.2. The lowest BCUT2D eigenvalue weighted by molar-refractivity contribution is 0.207. The van der Waals surface area contributed by atoms with Crippen molar-refractivity contribution >= 4 is 6.03 Å². The van der Waals surface area contributed by atoms with Crippen molar-refractivity contribution in [2.45, 2.75) is 13.0 Å². The summed E-state index contributed by atoms with van der Waals surface area (Å²) in [7, 11) is 1.73. The molecule has 18 heavy (non-hydrogen) atoms. The maximum absolute atomic E-state index is 11.7. The fourth-order valence-corrected chi connectivity index (χ4v) is 1.51. The molecule has 2 heterocycles. The first-order valence-electron chi connectivity index (χ1n) is 5.60. The molecule has 0 radical (unpaired) electrons. The van der Waals surface area contributed by atoms with E-state index >= 15 is 0 Å². The van der Waals surface area contributed by atoms with Gasteiger partial charge in [0.25, 0.3) is 0 Å². The van der Waals surface area contributed by atoms with Crippen LogP contribution in [-0.4, -0.2) is 39.9 Å². The third kappa shape index (κ3) is 3.34. The number of amides is 2. The van der Waals surface area contributed by atoms with Crippen LogP contribution in [0.25, 0.3) is 0 Å². The van der Waals surface area contributed by atoms with Crippen molar-refractivity contribution in [1.82, 2.24) is 25.6 Å². The fraction of sp³-hybridized carbons (Fsp3) is 0.364. The second-order valence-electron chi connectivity index (χ2n) is 3.93. The van der Waals surface area contributed by atoms with Gasteiger partial charge >= 0.3 is 6.03 Å². The number of H-pyrrole nitrogens is 1. The molecule has 2 rings (SSSR count). The van der Waals surface area contributed by atoms with E-state index in [0.29, 0.717) is 19.5 Å². The highest BCUT2D eigenvalue weighted by atomic mass is 16.3. The van der Waals surface area contributed by atoms with Crippen LogP contribution < -0.4 is 5.32 Å². The Bertz CT molecular complexity index is 466. The number of urea groups is 1. The first-order valence-corrected chi connectivity index (χ1v) is 5.60. The molecule has 0 aromatic carbocycles. The van der Waals surface area contributed by atoms with Crippen LogP contribution in [0.5, 0.6) is 0 Å². The van der Waals surface area contributed by atoms with Crippen LogP contribution in [0.2, 0.25) is 0 Å². The Hall–Kier alpha value is -2.31. The third-order valence-corrected chi connectivity index (χ3v) is 2.47. The molecule has 0 aliphatic heterocycles. The van der Waals surface area contributed by atoms with Gasteiger partial charge in [-0.25, -0.2) is 4.79 Å². The highest BCUT2D eigenvalue weighted by molar-refractivity contribution is 5.73. The lowest BCUT2D eigenvalue weighted by atomic mass is 10.3. The van der Waals surface area contributed by atoms with Gasteiger partial charge < -0.3 is 14.6 Å². The molecule has 0 bridgehead atoms. The van der Waals surface area contributed by atoms with Gasteiger partial charge in [0.1, 0.15) is 0 Å². The minimum absolute atomic E-state index is 0.125. The Morgan fingerprint density at radius 3 is 3.17 bits per heavy atom. The number of rotatable bonds is 5. The average Bonchev–Trinajstić information content (AvgIpc) is 3.01. The normalized spacial score (nSPS) is 10.3.